The Hall–Kier alpha value is -3.13. The summed E-state index contributed by atoms with van der Waals surface area (Å²) < 4.78 is 22.1. The van der Waals surface area contributed by atoms with Gasteiger partial charge in [0.05, 0.1) is 37.4 Å². The zero-order chi connectivity index (χ0) is 26.6. The number of dihydropyridines is 1. The van der Waals surface area contributed by atoms with Crippen molar-refractivity contribution in [3.8, 4) is 5.75 Å². The lowest BCUT2D eigenvalue weighted by atomic mass is 9.69. The summed E-state index contributed by atoms with van der Waals surface area (Å²) in [6.45, 7) is 11.6. The van der Waals surface area contributed by atoms with E-state index in [2.05, 4.69) is 5.32 Å². The first-order valence-electron chi connectivity index (χ1n) is 12.4. The van der Waals surface area contributed by atoms with Gasteiger partial charge in [-0.1, -0.05) is 25.1 Å². The molecule has 0 amide bonds. The molecule has 1 aliphatic heterocycles. The van der Waals surface area contributed by atoms with Crippen LogP contribution in [0, 0.1) is 11.8 Å². The van der Waals surface area contributed by atoms with Crippen LogP contribution < -0.4 is 10.1 Å². The van der Waals surface area contributed by atoms with Crippen LogP contribution in [0.15, 0.2) is 46.8 Å². The van der Waals surface area contributed by atoms with E-state index in [0.717, 1.165) is 0 Å². The topological polar surface area (TPSA) is 100 Å². The first kappa shape index (κ1) is 27.5. The summed E-state index contributed by atoms with van der Waals surface area (Å²) in [5, 5.41) is 3.27. The summed E-state index contributed by atoms with van der Waals surface area (Å²) in [5.41, 5.74) is 2.65. The molecule has 1 aromatic carbocycles. The van der Waals surface area contributed by atoms with Crippen LogP contribution in [-0.4, -0.2) is 50.3 Å². The summed E-state index contributed by atoms with van der Waals surface area (Å²) in [6, 6.07) is 7.35. The molecule has 3 rings (SSSR count). The Morgan fingerprint density at radius 3 is 2.42 bits per heavy atom. The number of rotatable bonds is 9. The van der Waals surface area contributed by atoms with Crippen molar-refractivity contribution in [1.29, 1.82) is 0 Å². The minimum atomic E-state index is -0.952. The summed E-state index contributed by atoms with van der Waals surface area (Å²) in [4.78, 5) is 39.9. The van der Waals surface area contributed by atoms with Gasteiger partial charge in [-0.15, -0.1) is 0 Å². The van der Waals surface area contributed by atoms with Crippen LogP contribution >= 0.6 is 0 Å². The van der Waals surface area contributed by atoms with Crippen LogP contribution in [0.4, 0.5) is 0 Å². The molecule has 1 heterocycles. The second-order valence-corrected chi connectivity index (χ2v) is 9.80. The van der Waals surface area contributed by atoms with E-state index in [4.69, 9.17) is 18.9 Å². The summed E-state index contributed by atoms with van der Waals surface area (Å²) in [6.07, 6.45) is 0.352. The number of methoxy groups -OCH3 is 1. The zero-order valence-electron chi connectivity index (χ0n) is 22.2. The average Bonchev–Trinajstić information content (AvgIpc) is 2.80. The molecule has 3 atom stereocenters. The third-order valence-corrected chi connectivity index (χ3v) is 6.32. The van der Waals surface area contributed by atoms with Gasteiger partial charge in [-0.05, 0) is 53.0 Å². The third-order valence-electron chi connectivity index (χ3n) is 6.32. The maximum Gasteiger partial charge on any atom is 0.336 e. The lowest BCUT2D eigenvalue weighted by Crippen LogP contribution is -2.43. The molecule has 0 saturated carbocycles. The molecular weight excluding hydrogens is 462 g/mol. The number of benzene rings is 1. The van der Waals surface area contributed by atoms with Crippen molar-refractivity contribution in [3.63, 3.8) is 0 Å². The fourth-order valence-electron chi connectivity index (χ4n) is 4.84. The van der Waals surface area contributed by atoms with E-state index < -0.39 is 23.8 Å². The Morgan fingerprint density at radius 2 is 1.78 bits per heavy atom. The second-order valence-electron chi connectivity index (χ2n) is 9.80. The minimum Gasteiger partial charge on any atom is -0.491 e. The molecule has 0 spiro atoms. The minimum absolute atomic E-state index is 0.0126. The SMILES string of the molecule is COC(=O)[C@@H]1C(=O)C2=C(C[C@@H]1C)NC(C)=C(C(=O)OCCOC(C)C)[C@@H]2c1ccccc1OC(C)C. The van der Waals surface area contributed by atoms with Gasteiger partial charge in [-0.2, -0.15) is 0 Å². The average molecular weight is 500 g/mol. The van der Waals surface area contributed by atoms with Gasteiger partial charge in [0.2, 0.25) is 0 Å². The molecule has 196 valence electrons. The van der Waals surface area contributed by atoms with Crippen LogP contribution in [0.5, 0.6) is 5.75 Å². The summed E-state index contributed by atoms with van der Waals surface area (Å²) >= 11 is 0. The quantitative estimate of drug-likeness (QED) is 0.309. The van der Waals surface area contributed by atoms with Gasteiger partial charge in [-0.25, -0.2) is 4.79 Å². The van der Waals surface area contributed by atoms with Crippen LogP contribution in [-0.2, 0) is 28.6 Å². The van der Waals surface area contributed by atoms with Gasteiger partial charge in [0.25, 0.3) is 0 Å². The van der Waals surface area contributed by atoms with Gasteiger partial charge in [0.15, 0.2) is 5.78 Å². The van der Waals surface area contributed by atoms with Crippen molar-refractivity contribution in [3.05, 3.63) is 52.4 Å². The normalized spacial score (nSPS) is 21.9. The number of ketones is 1. The van der Waals surface area contributed by atoms with E-state index in [9.17, 15) is 14.4 Å². The van der Waals surface area contributed by atoms with Crippen LogP contribution in [0.25, 0.3) is 0 Å². The number of carbonyl (C=O) groups is 3. The fourth-order valence-corrected chi connectivity index (χ4v) is 4.84. The van der Waals surface area contributed by atoms with Gasteiger partial charge in [0.1, 0.15) is 18.3 Å². The van der Waals surface area contributed by atoms with E-state index >= 15 is 0 Å². The molecule has 0 radical (unpaired) electrons. The molecule has 8 nitrogen and oxygen atoms in total. The lowest BCUT2D eigenvalue weighted by Gasteiger charge is -2.38. The largest absolute Gasteiger partial charge is 0.491 e. The highest BCUT2D eigenvalue weighted by Crippen LogP contribution is 2.47. The predicted octanol–water partition coefficient (Wildman–Crippen LogP) is 4.06. The van der Waals surface area contributed by atoms with E-state index in [1.54, 1.807) is 6.92 Å². The van der Waals surface area contributed by atoms with E-state index in [1.165, 1.54) is 7.11 Å². The first-order chi connectivity index (χ1) is 17.1. The number of hydrogen-bond acceptors (Lipinski definition) is 8. The van der Waals surface area contributed by atoms with Crippen molar-refractivity contribution in [2.75, 3.05) is 20.3 Å². The number of carbonyl (C=O) groups excluding carboxylic acids is 3. The Balaban J connectivity index is 2.11. The fraction of sp³-hybridized carbons (Fsp3) is 0.536. The maximum atomic E-state index is 13.9. The summed E-state index contributed by atoms with van der Waals surface area (Å²) in [7, 11) is 1.28. The molecule has 8 heteroatoms. The van der Waals surface area contributed by atoms with Crippen LogP contribution in [0.1, 0.15) is 59.4 Å². The highest BCUT2D eigenvalue weighted by atomic mass is 16.6. The van der Waals surface area contributed by atoms with Crippen LogP contribution in [0.3, 0.4) is 0 Å². The monoisotopic (exact) mass is 499 g/mol. The number of allylic oxidation sites excluding steroid dienone is 3. The molecule has 0 saturated heterocycles. The van der Waals surface area contributed by atoms with Crippen molar-refractivity contribution < 1.29 is 33.3 Å². The molecule has 0 unspecified atom stereocenters. The van der Waals surface area contributed by atoms with Gasteiger partial charge in [-0.3, -0.25) is 9.59 Å². The van der Waals surface area contributed by atoms with Crippen molar-refractivity contribution in [1.82, 2.24) is 5.32 Å². The number of para-hydroxylation sites is 1. The second kappa shape index (κ2) is 11.7. The van der Waals surface area contributed by atoms with Gasteiger partial charge < -0.3 is 24.3 Å². The van der Waals surface area contributed by atoms with E-state index in [-0.39, 0.29) is 37.1 Å². The Morgan fingerprint density at radius 1 is 1.08 bits per heavy atom. The molecule has 2 aliphatic rings. The number of esters is 2. The van der Waals surface area contributed by atoms with Gasteiger partial charge >= 0.3 is 11.9 Å². The standard InChI is InChI=1S/C28H37NO7/c1-15(2)34-12-13-35-28(32)23-18(6)29-20-14-17(5)22(27(31)33-7)26(30)25(20)24(23)19-10-8-9-11-21(19)36-16(3)4/h8-11,15-17,22,24,29H,12-14H2,1-7H3/t17-,22-,24-/m0/s1. The zero-order valence-corrected chi connectivity index (χ0v) is 22.2. The molecule has 0 aromatic heterocycles. The Bertz CT molecular complexity index is 1070. The lowest BCUT2D eigenvalue weighted by molar-refractivity contribution is -0.151. The van der Waals surface area contributed by atoms with E-state index in [0.29, 0.717) is 40.3 Å². The number of ether oxygens (including phenoxy) is 4. The van der Waals surface area contributed by atoms with Crippen molar-refractivity contribution in [2.24, 2.45) is 11.8 Å². The molecule has 1 N–H and O–H groups in total. The van der Waals surface area contributed by atoms with Crippen LogP contribution in [0.2, 0.25) is 0 Å². The number of Topliss-reactive ketones (excluding diaryl/α,β-unsaturated/α-hetero) is 1. The number of hydrogen-bond donors (Lipinski definition) is 1. The molecule has 1 aliphatic carbocycles. The van der Waals surface area contributed by atoms with E-state index in [1.807, 2.05) is 58.9 Å². The molecule has 0 bridgehead atoms. The Labute approximate surface area is 213 Å². The molecule has 0 fully saturated rings. The van der Waals surface area contributed by atoms with Crippen molar-refractivity contribution >= 4 is 17.7 Å². The Kier molecular flexibility index (Phi) is 8.95. The third kappa shape index (κ3) is 5.81. The molecule has 1 aromatic rings. The highest BCUT2D eigenvalue weighted by molar-refractivity contribution is 6.12. The molecule has 36 heavy (non-hydrogen) atoms. The van der Waals surface area contributed by atoms with Crippen molar-refractivity contribution in [2.45, 2.75) is 66.1 Å². The molecular formula is C28H37NO7. The maximum absolute atomic E-state index is 13.9. The highest BCUT2D eigenvalue weighted by Gasteiger charge is 2.47. The smallest absolute Gasteiger partial charge is 0.336 e. The summed E-state index contributed by atoms with van der Waals surface area (Å²) in [5.74, 6) is -2.89. The first-order valence-corrected chi connectivity index (χ1v) is 12.4. The predicted molar refractivity (Wildman–Crippen MR) is 134 cm³/mol. The van der Waals surface area contributed by atoms with Gasteiger partial charge in [0, 0.05) is 22.5 Å². The number of nitrogens with one attached hydrogen (secondary N) is 1.